The molecule has 1 aromatic heterocycles. The smallest absolute Gasteiger partial charge is 0.185 e. The fourth-order valence-corrected chi connectivity index (χ4v) is 2.59. The van der Waals surface area contributed by atoms with Gasteiger partial charge < -0.3 is 10.2 Å². The van der Waals surface area contributed by atoms with Crippen LogP contribution in [-0.4, -0.2) is 19.1 Å². The number of hydrogen-bond donors (Lipinski definition) is 1. The largest absolute Gasteiger partial charge is 0.347 e. The van der Waals surface area contributed by atoms with Crippen molar-refractivity contribution in [3.63, 3.8) is 0 Å². The number of nitrogens with zero attached hydrogens (tertiary/aromatic N) is 2. The van der Waals surface area contributed by atoms with E-state index in [0.717, 1.165) is 17.2 Å². The van der Waals surface area contributed by atoms with Crippen molar-refractivity contribution < 1.29 is 4.39 Å². The summed E-state index contributed by atoms with van der Waals surface area (Å²) >= 11 is 1.65. The zero-order chi connectivity index (χ0) is 13.0. The van der Waals surface area contributed by atoms with E-state index in [2.05, 4.69) is 10.3 Å². The molecule has 0 atom stereocenters. The monoisotopic (exact) mass is 265 g/mol. The lowest BCUT2D eigenvalue weighted by atomic mass is 10.2. The fourth-order valence-electron chi connectivity index (χ4n) is 1.71. The lowest BCUT2D eigenvalue weighted by Gasteiger charge is -2.15. The summed E-state index contributed by atoms with van der Waals surface area (Å²) in [7, 11) is 3.88. The zero-order valence-electron chi connectivity index (χ0n) is 10.5. The van der Waals surface area contributed by atoms with Crippen LogP contribution >= 0.6 is 11.3 Å². The van der Waals surface area contributed by atoms with E-state index in [0.29, 0.717) is 6.54 Å². The molecule has 0 radical (unpaired) electrons. The Kier molecular flexibility index (Phi) is 4.28. The number of rotatable bonds is 5. The molecule has 0 aliphatic heterocycles. The van der Waals surface area contributed by atoms with Crippen LogP contribution in [0.4, 0.5) is 9.52 Å². The summed E-state index contributed by atoms with van der Waals surface area (Å²) in [6.45, 7) is 1.48. The van der Waals surface area contributed by atoms with Gasteiger partial charge in [0.1, 0.15) is 5.82 Å². The first-order valence-electron chi connectivity index (χ1n) is 5.74. The van der Waals surface area contributed by atoms with Crippen LogP contribution in [-0.2, 0) is 13.1 Å². The predicted molar refractivity (Wildman–Crippen MR) is 73.4 cm³/mol. The Labute approximate surface area is 110 Å². The molecule has 0 aliphatic rings. The summed E-state index contributed by atoms with van der Waals surface area (Å²) in [5.41, 5.74) is 0.947. The third kappa shape index (κ3) is 3.27. The molecule has 1 aromatic carbocycles. The van der Waals surface area contributed by atoms with E-state index in [-0.39, 0.29) is 5.82 Å². The van der Waals surface area contributed by atoms with Crippen molar-refractivity contribution >= 4 is 16.5 Å². The van der Waals surface area contributed by atoms with Crippen LogP contribution in [0.25, 0.3) is 0 Å². The Morgan fingerprint density at radius 1 is 1.44 bits per heavy atom. The first-order chi connectivity index (χ1) is 8.69. The Bertz CT molecular complexity index is 512. The minimum absolute atomic E-state index is 0.198. The van der Waals surface area contributed by atoms with Crippen molar-refractivity contribution in [2.45, 2.75) is 13.1 Å². The number of nitrogens with one attached hydrogen (secondary N) is 1. The molecule has 0 saturated carbocycles. The fraction of sp³-hybridized carbons (Fsp3) is 0.308. The van der Waals surface area contributed by atoms with E-state index in [1.807, 2.05) is 31.3 Å². The van der Waals surface area contributed by atoms with Gasteiger partial charge in [0, 0.05) is 31.2 Å². The third-order valence-electron chi connectivity index (χ3n) is 2.53. The molecule has 18 heavy (non-hydrogen) atoms. The minimum Gasteiger partial charge on any atom is -0.347 e. The molecule has 0 aliphatic carbocycles. The Hall–Kier alpha value is -1.46. The average Bonchev–Trinajstić information content (AvgIpc) is 2.78. The topological polar surface area (TPSA) is 28.2 Å². The molecule has 96 valence electrons. The summed E-state index contributed by atoms with van der Waals surface area (Å²) in [5.74, 6) is -0.198. The highest BCUT2D eigenvalue weighted by atomic mass is 32.1. The second-order valence-corrected chi connectivity index (χ2v) is 5.22. The third-order valence-corrected chi connectivity index (χ3v) is 3.64. The predicted octanol–water partition coefficient (Wildman–Crippen LogP) is 2.64. The van der Waals surface area contributed by atoms with Crippen LogP contribution in [0, 0.1) is 5.82 Å². The van der Waals surface area contributed by atoms with Gasteiger partial charge in [0.15, 0.2) is 5.13 Å². The average molecular weight is 265 g/mol. The summed E-state index contributed by atoms with van der Waals surface area (Å²) in [5, 5.41) is 4.04. The number of aromatic nitrogens is 1. The standard InChI is InChI=1S/C13H16FN3S/c1-15-7-12-8-16-13(18-12)17(2)9-10-4-3-5-11(14)6-10/h3-6,8,15H,7,9H2,1-2H3. The van der Waals surface area contributed by atoms with Gasteiger partial charge in [-0.3, -0.25) is 0 Å². The summed E-state index contributed by atoms with van der Waals surface area (Å²) in [6, 6.07) is 6.66. The first-order valence-corrected chi connectivity index (χ1v) is 6.55. The van der Waals surface area contributed by atoms with Crippen molar-refractivity contribution in [3.8, 4) is 0 Å². The molecule has 0 bridgehead atoms. The second kappa shape index (κ2) is 5.93. The highest BCUT2D eigenvalue weighted by Gasteiger charge is 2.07. The molecule has 2 aromatic rings. The van der Waals surface area contributed by atoms with Crippen LogP contribution in [0.5, 0.6) is 0 Å². The maximum atomic E-state index is 13.1. The van der Waals surface area contributed by atoms with Crippen LogP contribution in [0.1, 0.15) is 10.4 Å². The lowest BCUT2D eigenvalue weighted by Crippen LogP contribution is -2.15. The van der Waals surface area contributed by atoms with E-state index in [4.69, 9.17) is 0 Å². The number of hydrogen-bond acceptors (Lipinski definition) is 4. The van der Waals surface area contributed by atoms with E-state index >= 15 is 0 Å². The summed E-state index contributed by atoms with van der Waals surface area (Å²) in [6.07, 6.45) is 1.87. The molecular weight excluding hydrogens is 249 g/mol. The van der Waals surface area contributed by atoms with E-state index in [9.17, 15) is 4.39 Å². The van der Waals surface area contributed by atoms with Gasteiger partial charge in [-0.25, -0.2) is 9.37 Å². The molecule has 0 unspecified atom stereocenters. The van der Waals surface area contributed by atoms with E-state index in [1.54, 1.807) is 23.5 Å². The molecule has 0 fully saturated rings. The van der Waals surface area contributed by atoms with Crippen molar-refractivity contribution in [1.82, 2.24) is 10.3 Å². The van der Waals surface area contributed by atoms with Crippen LogP contribution in [0.2, 0.25) is 0 Å². The van der Waals surface area contributed by atoms with Gasteiger partial charge in [-0.2, -0.15) is 0 Å². The molecule has 0 spiro atoms. The highest BCUT2D eigenvalue weighted by Crippen LogP contribution is 2.22. The number of benzene rings is 1. The molecule has 1 heterocycles. The van der Waals surface area contributed by atoms with Gasteiger partial charge in [-0.05, 0) is 24.7 Å². The maximum absolute atomic E-state index is 13.1. The Morgan fingerprint density at radius 3 is 3.00 bits per heavy atom. The van der Waals surface area contributed by atoms with Crippen LogP contribution in [0.3, 0.4) is 0 Å². The summed E-state index contributed by atoms with van der Waals surface area (Å²) < 4.78 is 13.1. The molecule has 2 rings (SSSR count). The zero-order valence-corrected chi connectivity index (χ0v) is 11.3. The number of halogens is 1. The maximum Gasteiger partial charge on any atom is 0.185 e. The van der Waals surface area contributed by atoms with Gasteiger partial charge in [-0.15, -0.1) is 11.3 Å². The SMILES string of the molecule is CNCc1cnc(N(C)Cc2cccc(F)c2)s1. The lowest BCUT2D eigenvalue weighted by molar-refractivity contribution is 0.625. The molecule has 0 amide bonds. The van der Waals surface area contributed by atoms with Crippen molar-refractivity contribution in [1.29, 1.82) is 0 Å². The Balaban J connectivity index is 2.04. The van der Waals surface area contributed by atoms with Gasteiger partial charge in [0.05, 0.1) is 0 Å². The first kappa shape index (κ1) is 13.0. The normalized spacial score (nSPS) is 10.6. The number of anilines is 1. The van der Waals surface area contributed by atoms with Crippen LogP contribution in [0.15, 0.2) is 30.5 Å². The van der Waals surface area contributed by atoms with Crippen molar-refractivity contribution in [2.24, 2.45) is 0 Å². The van der Waals surface area contributed by atoms with Gasteiger partial charge in [-0.1, -0.05) is 12.1 Å². The van der Waals surface area contributed by atoms with Gasteiger partial charge >= 0.3 is 0 Å². The summed E-state index contributed by atoms with van der Waals surface area (Å²) in [4.78, 5) is 7.58. The highest BCUT2D eigenvalue weighted by molar-refractivity contribution is 7.15. The molecule has 3 nitrogen and oxygen atoms in total. The second-order valence-electron chi connectivity index (χ2n) is 4.13. The van der Waals surface area contributed by atoms with E-state index in [1.165, 1.54) is 10.9 Å². The van der Waals surface area contributed by atoms with Crippen molar-refractivity contribution in [3.05, 3.63) is 46.7 Å². The molecule has 0 saturated heterocycles. The molecule has 5 heteroatoms. The van der Waals surface area contributed by atoms with Gasteiger partial charge in [0.2, 0.25) is 0 Å². The van der Waals surface area contributed by atoms with Gasteiger partial charge in [0.25, 0.3) is 0 Å². The minimum atomic E-state index is -0.198. The Morgan fingerprint density at radius 2 is 2.28 bits per heavy atom. The quantitative estimate of drug-likeness (QED) is 0.901. The molecular formula is C13H16FN3S. The van der Waals surface area contributed by atoms with E-state index < -0.39 is 0 Å². The number of thiazole rings is 1. The molecule has 1 N–H and O–H groups in total. The van der Waals surface area contributed by atoms with Crippen molar-refractivity contribution in [2.75, 3.05) is 19.0 Å². The van der Waals surface area contributed by atoms with Crippen LogP contribution < -0.4 is 10.2 Å².